The van der Waals surface area contributed by atoms with Crippen LogP contribution in [0.3, 0.4) is 0 Å². The van der Waals surface area contributed by atoms with E-state index in [0.717, 1.165) is 63.5 Å². The Morgan fingerprint density at radius 3 is 2.71 bits per heavy atom. The van der Waals surface area contributed by atoms with Crippen molar-refractivity contribution in [2.45, 2.75) is 45.2 Å². The fourth-order valence-corrected chi connectivity index (χ4v) is 4.11. The average molecular weight is 554 g/mol. The summed E-state index contributed by atoms with van der Waals surface area (Å²) in [7, 11) is 0. The number of alkyl halides is 3. The van der Waals surface area contributed by atoms with Gasteiger partial charge in [0.2, 0.25) is 0 Å². The predicted octanol–water partition coefficient (Wildman–Crippen LogP) is 4.00. The van der Waals surface area contributed by atoms with Crippen LogP contribution in [0.1, 0.15) is 37.3 Å². The average Bonchev–Trinajstić information content (AvgIpc) is 3.16. The highest BCUT2D eigenvalue weighted by Gasteiger charge is 2.32. The molecule has 0 amide bonds. The largest absolute Gasteiger partial charge is 0.493 e. The number of halogens is 4. The SMILES string of the molecule is CCNC(=NCCC1CCN(CC(F)(F)F)CC1)NCCc1ccc2c(c1)CCO2.I. The van der Waals surface area contributed by atoms with Crippen LogP contribution in [-0.4, -0.2) is 62.9 Å². The van der Waals surface area contributed by atoms with Crippen molar-refractivity contribution >= 4 is 29.9 Å². The molecule has 1 fully saturated rings. The highest BCUT2D eigenvalue weighted by atomic mass is 127. The summed E-state index contributed by atoms with van der Waals surface area (Å²) in [5.41, 5.74) is 2.57. The zero-order valence-corrected chi connectivity index (χ0v) is 20.5. The van der Waals surface area contributed by atoms with Crippen LogP contribution in [0.2, 0.25) is 0 Å². The van der Waals surface area contributed by atoms with Crippen LogP contribution in [0.15, 0.2) is 23.2 Å². The predicted molar refractivity (Wildman–Crippen MR) is 129 cm³/mol. The van der Waals surface area contributed by atoms with E-state index < -0.39 is 12.7 Å². The number of likely N-dealkylation sites (tertiary alicyclic amines) is 1. The number of rotatable bonds is 8. The molecule has 0 bridgehead atoms. The molecule has 2 N–H and O–H groups in total. The number of aliphatic imine (C=N–C) groups is 1. The van der Waals surface area contributed by atoms with Gasteiger partial charge in [0.05, 0.1) is 13.2 Å². The molecule has 0 aromatic heterocycles. The van der Waals surface area contributed by atoms with E-state index in [9.17, 15) is 13.2 Å². The quantitative estimate of drug-likeness (QED) is 0.290. The van der Waals surface area contributed by atoms with Gasteiger partial charge in [-0.3, -0.25) is 9.89 Å². The molecule has 0 unspecified atom stereocenters. The zero-order chi connectivity index (χ0) is 21.4. The lowest BCUT2D eigenvalue weighted by atomic mass is 9.93. The fraction of sp³-hybridized carbons (Fsp3) is 0.682. The molecule has 3 rings (SSSR count). The minimum absolute atomic E-state index is 0. The van der Waals surface area contributed by atoms with Crippen molar-refractivity contribution in [3.8, 4) is 5.75 Å². The Balaban J connectivity index is 0.00000341. The van der Waals surface area contributed by atoms with Crippen molar-refractivity contribution in [3.05, 3.63) is 29.3 Å². The maximum atomic E-state index is 12.5. The van der Waals surface area contributed by atoms with Crippen molar-refractivity contribution < 1.29 is 17.9 Å². The number of hydrogen-bond acceptors (Lipinski definition) is 3. The van der Waals surface area contributed by atoms with Gasteiger partial charge in [0.15, 0.2) is 5.96 Å². The lowest BCUT2D eigenvalue weighted by Crippen LogP contribution is -2.40. The summed E-state index contributed by atoms with van der Waals surface area (Å²) in [4.78, 5) is 6.17. The van der Waals surface area contributed by atoms with Crippen LogP contribution in [0.25, 0.3) is 0 Å². The number of benzene rings is 1. The van der Waals surface area contributed by atoms with Gasteiger partial charge in [-0.1, -0.05) is 12.1 Å². The minimum Gasteiger partial charge on any atom is -0.493 e. The van der Waals surface area contributed by atoms with Crippen molar-refractivity contribution in [1.82, 2.24) is 15.5 Å². The minimum atomic E-state index is -4.10. The van der Waals surface area contributed by atoms with Gasteiger partial charge < -0.3 is 15.4 Å². The molecule has 1 aromatic rings. The van der Waals surface area contributed by atoms with Crippen LogP contribution in [0.4, 0.5) is 13.2 Å². The van der Waals surface area contributed by atoms with Gasteiger partial charge in [-0.05, 0) is 68.8 Å². The normalized spacial score (nSPS) is 17.6. The molecule has 0 atom stereocenters. The molecule has 2 heterocycles. The first-order valence-corrected chi connectivity index (χ1v) is 11.0. The third kappa shape index (κ3) is 9.03. The van der Waals surface area contributed by atoms with Gasteiger partial charge in [-0.25, -0.2) is 0 Å². The highest BCUT2D eigenvalue weighted by molar-refractivity contribution is 14.0. The number of piperidine rings is 1. The summed E-state index contributed by atoms with van der Waals surface area (Å²) in [5.74, 6) is 2.26. The summed E-state index contributed by atoms with van der Waals surface area (Å²) in [5, 5.41) is 6.65. The fourth-order valence-electron chi connectivity index (χ4n) is 4.11. The molecule has 176 valence electrons. The van der Waals surface area contributed by atoms with E-state index >= 15 is 0 Å². The monoisotopic (exact) mass is 554 g/mol. The Bertz CT molecular complexity index is 706. The second-order valence-corrected chi connectivity index (χ2v) is 8.10. The Hall–Kier alpha value is -1.23. The molecule has 5 nitrogen and oxygen atoms in total. The Morgan fingerprint density at radius 1 is 1.23 bits per heavy atom. The molecular formula is C22H34F3IN4O. The van der Waals surface area contributed by atoms with E-state index in [1.54, 1.807) is 0 Å². The first-order chi connectivity index (χ1) is 14.4. The number of hydrogen-bond donors (Lipinski definition) is 2. The van der Waals surface area contributed by atoms with Crippen LogP contribution in [0.5, 0.6) is 5.75 Å². The second-order valence-electron chi connectivity index (χ2n) is 8.10. The standard InChI is InChI=1S/C22H33F3N4O.HI/c1-2-26-21(28-11-6-18-3-4-20-19(15-18)9-14-30-20)27-10-5-17-7-12-29(13-8-17)16-22(23,24)25;/h3-4,15,17H,2,5-14,16H2,1H3,(H2,26,27,28);1H. The Morgan fingerprint density at radius 2 is 2.00 bits per heavy atom. The summed E-state index contributed by atoms with van der Waals surface area (Å²) < 4.78 is 43.0. The van der Waals surface area contributed by atoms with E-state index in [0.29, 0.717) is 25.6 Å². The Kier molecular flexibility index (Phi) is 10.7. The summed E-state index contributed by atoms with van der Waals surface area (Å²) in [6.07, 6.45) is 0.346. The van der Waals surface area contributed by atoms with E-state index in [4.69, 9.17) is 4.74 Å². The molecule has 1 saturated heterocycles. The first kappa shape index (κ1) is 26.0. The topological polar surface area (TPSA) is 48.9 Å². The van der Waals surface area contributed by atoms with Crippen molar-refractivity contribution in [1.29, 1.82) is 0 Å². The number of guanidine groups is 1. The molecule has 31 heavy (non-hydrogen) atoms. The molecule has 2 aliphatic rings. The van der Waals surface area contributed by atoms with E-state index in [1.165, 1.54) is 16.0 Å². The molecule has 0 radical (unpaired) electrons. The summed E-state index contributed by atoms with van der Waals surface area (Å²) in [6, 6.07) is 6.39. The second kappa shape index (κ2) is 12.7. The van der Waals surface area contributed by atoms with Crippen LogP contribution in [-0.2, 0) is 12.8 Å². The third-order valence-electron chi connectivity index (χ3n) is 5.72. The number of ether oxygens (including phenoxy) is 1. The zero-order valence-electron chi connectivity index (χ0n) is 18.1. The maximum Gasteiger partial charge on any atom is 0.401 e. The van der Waals surface area contributed by atoms with Gasteiger partial charge in [0.25, 0.3) is 0 Å². The Labute approximate surface area is 200 Å². The van der Waals surface area contributed by atoms with Gasteiger partial charge in [-0.2, -0.15) is 13.2 Å². The molecule has 9 heteroatoms. The van der Waals surface area contributed by atoms with Gasteiger partial charge in [-0.15, -0.1) is 24.0 Å². The number of nitrogens with one attached hydrogen (secondary N) is 2. The number of nitrogens with zero attached hydrogens (tertiary/aromatic N) is 2. The molecule has 0 spiro atoms. The van der Waals surface area contributed by atoms with Crippen molar-refractivity contribution in [2.24, 2.45) is 10.9 Å². The van der Waals surface area contributed by atoms with Gasteiger partial charge >= 0.3 is 6.18 Å². The smallest absolute Gasteiger partial charge is 0.401 e. The molecule has 1 aromatic carbocycles. The molecule has 0 aliphatic carbocycles. The van der Waals surface area contributed by atoms with E-state index in [1.807, 2.05) is 6.92 Å². The third-order valence-corrected chi connectivity index (χ3v) is 5.72. The van der Waals surface area contributed by atoms with Crippen molar-refractivity contribution in [2.75, 3.05) is 45.9 Å². The lowest BCUT2D eigenvalue weighted by molar-refractivity contribution is -0.148. The first-order valence-electron chi connectivity index (χ1n) is 11.0. The van der Waals surface area contributed by atoms with Crippen molar-refractivity contribution in [3.63, 3.8) is 0 Å². The molecular weight excluding hydrogens is 520 g/mol. The summed E-state index contributed by atoms with van der Waals surface area (Å²) >= 11 is 0. The molecule has 2 aliphatic heterocycles. The lowest BCUT2D eigenvalue weighted by Gasteiger charge is -2.32. The maximum absolute atomic E-state index is 12.5. The van der Waals surface area contributed by atoms with Crippen LogP contribution in [0, 0.1) is 5.92 Å². The molecule has 0 saturated carbocycles. The van der Waals surface area contributed by atoms with E-state index in [2.05, 4.69) is 33.8 Å². The summed E-state index contributed by atoms with van der Waals surface area (Å²) in [6.45, 7) is 5.35. The number of fused-ring (bicyclic) bond motifs is 1. The highest BCUT2D eigenvalue weighted by Crippen LogP contribution is 2.26. The van der Waals surface area contributed by atoms with Crippen LogP contribution >= 0.6 is 24.0 Å². The van der Waals surface area contributed by atoms with E-state index in [-0.39, 0.29) is 24.0 Å². The van der Waals surface area contributed by atoms with Crippen LogP contribution < -0.4 is 15.4 Å². The van der Waals surface area contributed by atoms with Gasteiger partial charge in [0, 0.05) is 26.1 Å². The van der Waals surface area contributed by atoms with Gasteiger partial charge in [0.1, 0.15) is 5.75 Å².